The van der Waals surface area contributed by atoms with Crippen molar-refractivity contribution in [3.8, 4) is 11.3 Å². The minimum Gasteiger partial charge on any atom is -0.457 e. The summed E-state index contributed by atoms with van der Waals surface area (Å²) in [5.41, 5.74) is 1.81. The Hall–Kier alpha value is -3.49. The van der Waals surface area contributed by atoms with Gasteiger partial charge in [0, 0.05) is 23.8 Å². The third-order valence-electron chi connectivity index (χ3n) is 4.47. The number of imidazole rings is 1. The molecule has 0 bridgehead atoms. The molecule has 5 rings (SSSR count). The van der Waals surface area contributed by atoms with Crippen LogP contribution in [-0.2, 0) is 0 Å². The van der Waals surface area contributed by atoms with Crippen LogP contribution in [0.4, 0.5) is 5.69 Å². The Bertz CT molecular complexity index is 1530. The van der Waals surface area contributed by atoms with Gasteiger partial charge >= 0.3 is 0 Å². The second-order valence-electron chi connectivity index (χ2n) is 6.26. The van der Waals surface area contributed by atoms with E-state index in [2.05, 4.69) is 4.98 Å². The van der Waals surface area contributed by atoms with Gasteiger partial charge in [0.25, 0.3) is 11.2 Å². The van der Waals surface area contributed by atoms with Gasteiger partial charge in [0.15, 0.2) is 4.96 Å². The number of aromatic nitrogens is 2. The first kappa shape index (κ1) is 17.6. The number of fused-ring (bicyclic) bond motifs is 3. The van der Waals surface area contributed by atoms with Crippen LogP contribution in [0.15, 0.2) is 63.8 Å². The van der Waals surface area contributed by atoms with Crippen molar-refractivity contribution in [2.24, 2.45) is 0 Å². The van der Waals surface area contributed by atoms with Crippen molar-refractivity contribution in [3.05, 3.63) is 90.4 Å². The Morgan fingerprint density at radius 2 is 2.00 bits per heavy atom. The van der Waals surface area contributed by atoms with E-state index in [9.17, 15) is 14.9 Å². The van der Waals surface area contributed by atoms with Gasteiger partial charge in [0.2, 0.25) is 0 Å². The first-order chi connectivity index (χ1) is 14.0. The summed E-state index contributed by atoms with van der Waals surface area (Å²) in [6.07, 6.45) is 1.65. The first-order valence-electron chi connectivity index (χ1n) is 8.47. The molecular formula is C20H10ClN3O4S. The SMILES string of the molecule is O=c1/c(=C\c2ccc(-c3ccc([N+](=O)[O-])cc3Cl)o2)sc2nc3ccccc3n12. The zero-order valence-electron chi connectivity index (χ0n) is 14.5. The van der Waals surface area contributed by atoms with Crippen molar-refractivity contribution in [2.45, 2.75) is 0 Å². The zero-order chi connectivity index (χ0) is 20.1. The lowest BCUT2D eigenvalue weighted by Gasteiger charge is -2.00. The average molecular weight is 424 g/mol. The van der Waals surface area contributed by atoms with E-state index in [1.807, 2.05) is 24.3 Å². The second-order valence-corrected chi connectivity index (χ2v) is 7.67. The van der Waals surface area contributed by atoms with Crippen molar-refractivity contribution < 1.29 is 9.34 Å². The highest BCUT2D eigenvalue weighted by Gasteiger charge is 2.14. The molecule has 0 amide bonds. The topological polar surface area (TPSA) is 90.6 Å². The summed E-state index contributed by atoms with van der Waals surface area (Å²) in [6, 6.07) is 15.1. The van der Waals surface area contributed by atoms with Gasteiger partial charge in [-0.25, -0.2) is 9.38 Å². The standard InChI is InChI=1S/C20H10ClN3O4S/c21-14-9-11(24(26)27)5-7-13(14)17-8-6-12(28-17)10-18-19(25)23-16-4-2-1-3-15(16)22-20(23)29-18/h1-10H/b18-10+. The molecule has 0 spiro atoms. The van der Waals surface area contributed by atoms with Crippen LogP contribution in [0, 0.1) is 10.1 Å². The van der Waals surface area contributed by atoms with E-state index < -0.39 is 4.92 Å². The van der Waals surface area contributed by atoms with Crippen molar-refractivity contribution in [1.29, 1.82) is 0 Å². The molecule has 0 radical (unpaired) electrons. The van der Waals surface area contributed by atoms with Crippen LogP contribution in [0.25, 0.3) is 33.4 Å². The molecule has 0 unspecified atom stereocenters. The number of halogens is 1. The normalized spacial score (nSPS) is 12.2. The molecule has 3 heterocycles. The molecule has 2 aromatic carbocycles. The van der Waals surface area contributed by atoms with E-state index in [0.717, 1.165) is 11.0 Å². The lowest BCUT2D eigenvalue weighted by molar-refractivity contribution is -0.384. The molecule has 0 saturated heterocycles. The molecule has 0 aliphatic rings. The van der Waals surface area contributed by atoms with Crippen molar-refractivity contribution in [3.63, 3.8) is 0 Å². The van der Waals surface area contributed by atoms with Crippen LogP contribution in [0.2, 0.25) is 5.02 Å². The fourth-order valence-electron chi connectivity index (χ4n) is 3.13. The van der Waals surface area contributed by atoms with Gasteiger partial charge < -0.3 is 4.42 Å². The number of furan rings is 1. The molecule has 0 aliphatic heterocycles. The molecule has 5 aromatic rings. The highest BCUT2D eigenvalue weighted by atomic mass is 35.5. The van der Waals surface area contributed by atoms with Gasteiger partial charge in [-0.3, -0.25) is 14.9 Å². The maximum Gasteiger partial charge on any atom is 0.275 e. The molecule has 7 nitrogen and oxygen atoms in total. The van der Waals surface area contributed by atoms with Crippen molar-refractivity contribution >= 4 is 50.7 Å². The van der Waals surface area contributed by atoms with Gasteiger partial charge in [-0.15, -0.1) is 0 Å². The minimum absolute atomic E-state index is 0.0951. The molecule has 29 heavy (non-hydrogen) atoms. The van der Waals surface area contributed by atoms with Gasteiger partial charge in [-0.1, -0.05) is 35.1 Å². The molecule has 0 N–H and O–H groups in total. The van der Waals surface area contributed by atoms with E-state index in [-0.39, 0.29) is 16.3 Å². The van der Waals surface area contributed by atoms with Crippen LogP contribution in [-0.4, -0.2) is 14.3 Å². The predicted molar refractivity (Wildman–Crippen MR) is 111 cm³/mol. The van der Waals surface area contributed by atoms with Crippen LogP contribution >= 0.6 is 22.9 Å². The average Bonchev–Trinajstić information content (AvgIpc) is 3.38. The van der Waals surface area contributed by atoms with Gasteiger partial charge in [0.05, 0.1) is 21.0 Å². The molecule has 0 fully saturated rings. The number of hydrogen-bond donors (Lipinski definition) is 0. The van der Waals surface area contributed by atoms with E-state index >= 15 is 0 Å². The van der Waals surface area contributed by atoms with Crippen LogP contribution < -0.4 is 10.1 Å². The molecule has 3 aromatic heterocycles. The smallest absolute Gasteiger partial charge is 0.275 e. The quantitative estimate of drug-likeness (QED) is 0.319. The third kappa shape index (κ3) is 2.89. The van der Waals surface area contributed by atoms with E-state index in [1.54, 1.807) is 22.6 Å². The predicted octanol–water partition coefficient (Wildman–Crippen LogP) is 4.28. The number of hydrogen-bond acceptors (Lipinski definition) is 6. The molecule has 0 atom stereocenters. The largest absolute Gasteiger partial charge is 0.457 e. The molecule has 142 valence electrons. The first-order valence-corrected chi connectivity index (χ1v) is 9.66. The Balaban J connectivity index is 1.58. The summed E-state index contributed by atoms with van der Waals surface area (Å²) in [6.45, 7) is 0. The fourth-order valence-corrected chi connectivity index (χ4v) is 4.37. The molecular weight excluding hydrogens is 414 g/mol. The molecule has 0 aliphatic carbocycles. The Morgan fingerprint density at radius 3 is 2.79 bits per heavy atom. The number of non-ortho nitro benzene ring substituents is 1. The zero-order valence-corrected chi connectivity index (χ0v) is 16.1. The van der Waals surface area contributed by atoms with E-state index in [1.165, 1.54) is 29.5 Å². The number of nitro benzene ring substituents is 1. The van der Waals surface area contributed by atoms with Crippen molar-refractivity contribution in [2.75, 3.05) is 0 Å². The van der Waals surface area contributed by atoms with Gasteiger partial charge in [-0.05, 0) is 30.3 Å². The lowest BCUT2D eigenvalue weighted by Crippen LogP contribution is -2.22. The van der Waals surface area contributed by atoms with E-state index in [4.69, 9.17) is 16.0 Å². The number of para-hydroxylation sites is 2. The summed E-state index contributed by atoms with van der Waals surface area (Å²) in [5.74, 6) is 0.927. The maximum atomic E-state index is 12.8. The lowest BCUT2D eigenvalue weighted by atomic mass is 10.1. The van der Waals surface area contributed by atoms with Gasteiger partial charge in [0.1, 0.15) is 16.1 Å². The molecule has 9 heteroatoms. The second kappa shape index (κ2) is 6.54. The van der Waals surface area contributed by atoms with E-state index in [0.29, 0.717) is 26.6 Å². The summed E-state index contributed by atoms with van der Waals surface area (Å²) in [4.78, 5) is 28.3. The fraction of sp³-hybridized carbons (Fsp3) is 0. The van der Waals surface area contributed by atoms with Crippen LogP contribution in [0.3, 0.4) is 0 Å². The summed E-state index contributed by atoms with van der Waals surface area (Å²) in [5, 5.41) is 11.1. The third-order valence-corrected chi connectivity index (χ3v) is 5.76. The molecule has 0 saturated carbocycles. The number of nitrogens with zero attached hydrogens (tertiary/aromatic N) is 3. The number of rotatable bonds is 3. The number of benzene rings is 2. The summed E-state index contributed by atoms with van der Waals surface area (Å²) < 4.78 is 7.88. The van der Waals surface area contributed by atoms with Gasteiger partial charge in [-0.2, -0.15) is 0 Å². The minimum atomic E-state index is -0.510. The highest BCUT2D eigenvalue weighted by molar-refractivity contribution is 7.15. The van der Waals surface area contributed by atoms with Crippen LogP contribution in [0.1, 0.15) is 5.76 Å². The Labute approximate surface area is 171 Å². The Kier molecular flexibility index (Phi) is 3.97. The highest BCUT2D eigenvalue weighted by Crippen LogP contribution is 2.32. The number of thiazole rings is 1. The number of nitro groups is 1. The Morgan fingerprint density at radius 1 is 1.17 bits per heavy atom. The summed E-state index contributed by atoms with van der Waals surface area (Å²) >= 11 is 7.44. The van der Waals surface area contributed by atoms with Crippen LogP contribution in [0.5, 0.6) is 0 Å². The maximum absolute atomic E-state index is 12.8. The van der Waals surface area contributed by atoms with Crippen molar-refractivity contribution in [1.82, 2.24) is 9.38 Å². The monoisotopic (exact) mass is 423 g/mol. The summed E-state index contributed by atoms with van der Waals surface area (Å²) in [7, 11) is 0.